The fourth-order valence-electron chi connectivity index (χ4n) is 3.91. The van der Waals surface area contributed by atoms with Crippen LogP contribution in [0.25, 0.3) is 0 Å². The van der Waals surface area contributed by atoms with Crippen LogP contribution in [-0.2, 0) is 23.9 Å². The molecule has 1 fully saturated rings. The Morgan fingerprint density at radius 1 is 1.10 bits per heavy atom. The summed E-state index contributed by atoms with van der Waals surface area (Å²) in [6.45, 7) is 1.69. The predicted molar refractivity (Wildman–Crippen MR) is 109 cm³/mol. The van der Waals surface area contributed by atoms with Crippen LogP contribution in [0, 0.1) is 0 Å². The van der Waals surface area contributed by atoms with Gasteiger partial charge in [-0.25, -0.2) is 4.79 Å². The number of nitrogens with zero attached hydrogens (tertiary/aromatic N) is 2. The van der Waals surface area contributed by atoms with E-state index in [9.17, 15) is 24.0 Å². The maximum atomic E-state index is 13.1. The molecule has 0 N–H and O–H groups in total. The number of amides is 3. The molecular formula is C21H20N2O7S. The van der Waals surface area contributed by atoms with Gasteiger partial charge in [0.1, 0.15) is 18.0 Å². The summed E-state index contributed by atoms with van der Waals surface area (Å²) in [5.74, 6) is -2.68. The molecule has 0 aliphatic carbocycles. The maximum absolute atomic E-state index is 13.1. The molecule has 0 aromatic heterocycles. The molecule has 3 heterocycles. The Morgan fingerprint density at radius 2 is 1.74 bits per heavy atom. The van der Waals surface area contributed by atoms with Crippen molar-refractivity contribution in [2.75, 3.05) is 13.7 Å². The van der Waals surface area contributed by atoms with Crippen LogP contribution in [0.3, 0.4) is 0 Å². The van der Waals surface area contributed by atoms with Gasteiger partial charge in [-0.1, -0.05) is 19.1 Å². The molecule has 0 unspecified atom stereocenters. The van der Waals surface area contributed by atoms with Crippen LogP contribution in [0.15, 0.2) is 35.2 Å². The highest BCUT2D eigenvalue weighted by atomic mass is 32.2. The van der Waals surface area contributed by atoms with Gasteiger partial charge in [-0.05, 0) is 24.0 Å². The Labute approximate surface area is 182 Å². The SMILES string of the molecule is CCCC(=O)OCC1=CS[C@@H]2[C@H](N3C(=O)c4ccccc4C3=O)C(=O)N2[C@H]1C(=O)OC. The number of hydrogen-bond donors (Lipinski definition) is 0. The molecule has 3 amide bonds. The number of thioether (sulfide) groups is 1. The normalized spacial score (nSPS) is 24.3. The minimum atomic E-state index is -1.08. The van der Waals surface area contributed by atoms with Crippen molar-refractivity contribution in [1.82, 2.24) is 9.80 Å². The van der Waals surface area contributed by atoms with E-state index in [-0.39, 0.29) is 24.2 Å². The molecule has 1 aromatic rings. The number of rotatable bonds is 6. The third-order valence-electron chi connectivity index (χ3n) is 5.42. The highest BCUT2D eigenvalue weighted by Gasteiger charge is 2.61. The number of β-lactam (4-membered cyclic amide) rings is 1. The zero-order valence-corrected chi connectivity index (χ0v) is 17.7. The number of carbonyl (C=O) groups excluding carboxylic acids is 5. The highest BCUT2D eigenvalue weighted by Crippen LogP contribution is 2.44. The van der Waals surface area contributed by atoms with Crippen LogP contribution in [0.4, 0.5) is 0 Å². The number of esters is 2. The second-order valence-electron chi connectivity index (χ2n) is 7.27. The summed E-state index contributed by atoms with van der Waals surface area (Å²) < 4.78 is 10.1. The zero-order chi connectivity index (χ0) is 22.3. The summed E-state index contributed by atoms with van der Waals surface area (Å²) in [5, 5.41) is 1.01. The summed E-state index contributed by atoms with van der Waals surface area (Å²) >= 11 is 1.20. The van der Waals surface area contributed by atoms with Gasteiger partial charge in [0.2, 0.25) is 0 Å². The summed E-state index contributed by atoms with van der Waals surface area (Å²) in [6.07, 6.45) is 0.873. The van der Waals surface area contributed by atoms with Gasteiger partial charge in [0, 0.05) is 12.0 Å². The number of carbonyl (C=O) groups is 5. The van der Waals surface area contributed by atoms with Crippen molar-refractivity contribution in [2.45, 2.75) is 37.2 Å². The van der Waals surface area contributed by atoms with E-state index >= 15 is 0 Å². The largest absolute Gasteiger partial charge is 0.467 e. The van der Waals surface area contributed by atoms with E-state index in [1.54, 1.807) is 29.7 Å². The van der Waals surface area contributed by atoms with Crippen molar-refractivity contribution in [3.05, 3.63) is 46.4 Å². The van der Waals surface area contributed by atoms with Gasteiger partial charge in [-0.2, -0.15) is 0 Å². The second-order valence-corrected chi connectivity index (χ2v) is 8.26. The van der Waals surface area contributed by atoms with Gasteiger partial charge < -0.3 is 14.4 Å². The average molecular weight is 444 g/mol. The number of benzene rings is 1. The van der Waals surface area contributed by atoms with E-state index in [0.29, 0.717) is 12.0 Å². The van der Waals surface area contributed by atoms with Gasteiger partial charge in [-0.15, -0.1) is 11.8 Å². The standard InChI is InChI=1S/C21H20N2O7S/c1-3-6-14(24)30-9-11-10-31-20-16(19(27)23(20)15(11)21(28)29-2)22-17(25)12-7-4-5-8-13(12)18(22)26/h4-5,7-8,10,15-16,20H,3,6,9H2,1-2H3/t15-,16-,20-/m1/s1. The lowest BCUT2D eigenvalue weighted by Crippen LogP contribution is -2.74. The number of imide groups is 1. The van der Waals surface area contributed by atoms with Crippen molar-refractivity contribution >= 4 is 41.4 Å². The van der Waals surface area contributed by atoms with Crippen molar-refractivity contribution in [3.63, 3.8) is 0 Å². The molecule has 1 aromatic carbocycles. The minimum Gasteiger partial charge on any atom is -0.467 e. The highest BCUT2D eigenvalue weighted by molar-refractivity contribution is 8.03. The number of ether oxygens (including phenoxy) is 2. The maximum Gasteiger partial charge on any atom is 0.333 e. The summed E-state index contributed by atoms with van der Waals surface area (Å²) in [7, 11) is 1.20. The Morgan fingerprint density at radius 3 is 2.32 bits per heavy atom. The first kappa shape index (κ1) is 21.1. The zero-order valence-electron chi connectivity index (χ0n) is 16.9. The molecule has 0 radical (unpaired) electrons. The molecule has 3 aliphatic heterocycles. The van der Waals surface area contributed by atoms with Gasteiger partial charge >= 0.3 is 11.9 Å². The lowest BCUT2D eigenvalue weighted by atomic mass is 9.97. The average Bonchev–Trinajstić information content (AvgIpc) is 3.02. The summed E-state index contributed by atoms with van der Waals surface area (Å²) in [4.78, 5) is 65.1. The Balaban J connectivity index is 1.58. The molecule has 0 bridgehead atoms. The summed E-state index contributed by atoms with van der Waals surface area (Å²) in [5.41, 5.74) is 0.915. The fraction of sp³-hybridized carbons (Fsp3) is 0.381. The molecule has 3 atom stereocenters. The molecular weight excluding hydrogens is 424 g/mol. The quantitative estimate of drug-likeness (QED) is 0.367. The van der Waals surface area contributed by atoms with E-state index in [2.05, 4.69) is 0 Å². The fourth-order valence-corrected chi connectivity index (χ4v) is 5.17. The lowest BCUT2D eigenvalue weighted by Gasteiger charge is -2.53. The lowest BCUT2D eigenvalue weighted by molar-refractivity contribution is -0.164. The number of methoxy groups -OCH3 is 1. The van der Waals surface area contributed by atoms with Gasteiger partial charge in [-0.3, -0.25) is 24.1 Å². The topological polar surface area (TPSA) is 110 Å². The van der Waals surface area contributed by atoms with E-state index in [1.165, 1.54) is 23.8 Å². The van der Waals surface area contributed by atoms with Crippen LogP contribution >= 0.6 is 11.8 Å². The van der Waals surface area contributed by atoms with Crippen molar-refractivity contribution in [2.24, 2.45) is 0 Å². The molecule has 1 saturated heterocycles. The van der Waals surface area contributed by atoms with E-state index in [1.807, 2.05) is 6.92 Å². The van der Waals surface area contributed by atoms with Gasteiger partial charge in [0.25, 0.3) is 17.7 Å². The van der Waals surface area contributed by atoms with Crippen molar-refractivity contribution in [3.8, 4) is 0 Å². The predicted octanol–water partition coefficient (Wildman–Crippen LogP) is 1.34. The van der Waals surface area contributed by atoms with Crippen molar-refractivity contribution < 1.29 is 33.4 Å². The molecule has 9 nitrogen and oxygen atoms in total. The van der Waals surface area contributed by atoms with E-state index in [0.717, 1.165) is 4.90 Å². The van der Waals surface area contributed by atoms with Gasteiger partial charge in [0.15, 0.2) is 6.04 Å². The van der Waals surface area contributed by atoms with E-state index in [4.69, 9.17) is 9.47 Å². The van der Waals surface area contributed by atoms with Crippen LogP contribution in [-0.4, -0.2) is 70.6 Å². The molecule has 3 aliphatic rings. The third kappa shape index (κ3) is 3.31. The number of fused-ring (bicyclic) bond motifs is 2. The number of hydrogen-bond acceptors (Lipinski definition) is 8. The van der Waals surface area contributed by atoms with Crippen LogP contribution in [0.2, 0.25) is 0 Å². The molecule has 162 valence electrons. The first-order chi connectivity index (χ1) is 14.9. The van der Waals surface area contributed by atoms with Crippen molar-refractivity contribution in [1.29, 1.82) is 0 Å². The monoisotopic (exact) mass is 444 g/mol. The van der Waals surface area contributed by atoms with Crippen LogP contribution < -0.4 is 0 Å². The smallest absolute Gasteiger partial charge is 0.333 e. The molecule has 10 heteroatoms. The second kappa shape index (κ2) is 8.18. The van der Waals surface area contributed by atoms with Gasteiger partial charge in [0.05, 0.1) is 18.2 Å². The first-order valence-corrected chi connectivity index (χ1v) is 10.7. The van der Waals surface area contributed by atoms with E-state index < -0.39 is 47.1 Å². The molecule has 0 saturated carbocycles. The minimum absolute atomic E-state index is 0.153. The Kier molecular flexibility index (Phi) is 5.57. The molecule has 4 rings (SSSR count). The first-order valence-electron chi connectivity index (χ1n) is 9.77. The molecule has 0 spiro atoms. The Bertz CT molecular complexity index is 986. The molecule has 31 heavy (non-hydrogen) atoms. The van der Waals surface area contributed by atoms with Crippen LogP contribution in [0.5, 0.6) is 0 Å². The third-order valence-corrected chi connectivity index (χ3v) is 6.62. The Hall–Kier alpha value is -3.14. The van der Waals surface area contributed by atoms with Crippen LogP contribution in [0.1, 0.15) is 40.5 Å². The summed E-state index contributed by atoms with van der Waals surface area (Å²) in [6, 6.07) is 4.30.